The van der Waals surface area contributed by atoms with Gasteiger partial charge >= 0.3 is 0 Å². The van der Waals surface area contributed by atoms with Gasteiger partial charge in [0.25, 0.3) is 0 Å². The molecule has 0 aliphatic heterocycles. The molecule has 0 bridgehead atoms. The minimum absolute atomic E-state index is 0.789. The van der Waals surface area contributed by atoms with Crippen molar-refractivity contribution in [2.45, 2.75) is 20.8 Å². The van der Waals surface area contributed by atoms with Crippen LogP contribution in [0.3, 0.4) is 0 Å². The molecule has 0 atom stereocenters. The number of pyridine rings is 2. The molecule has 0 unspecified atom stereocenters. The quantitative estimate of drug-likeness (QED) is 0.696. The maximum Gasteiger partial charge on any atom is 0.130 e. The van der Waals surface area contributed by atoms with Gasteiger partial charge in [-0.3, -0.25) is 4.98 Å². The van der Waals surface area contributed by atoms with E-state index in [-0.39, 0.29) is 0 Å². The SMILES string of the molecule is C=C(Nc1cc2cc(/C(C)=C/C)ccc2cn1)c1ccnc(C)c1. The normalized spacial score (nSPS) is 11.5. The van der Waals surface area contributed by atoms with E-state index < -0.39 is 0 Å². The summed E-state index contributed by atoms with van der Waals surface area (Å²) in [5.74, 6) is 0.789. The van der Waals surface area contributed by atoms with Crippen LogP contribution in [-0.4, -0.2) is 9.97 Å². The molecule has 120 valence electrons. The Kier molecular flexibility index (Phi) is 4.43. The van der Waals surface area contributed by atoms with Crippen LogP contribution in [0.25, 0.3) is 22.0 Å². The second kappa shape index (κ2) is 6.67. The summed E-state index contributed by atoms with van der Waals surface area (Å²) >= 11 is 0. The van der Waals surface area contributed by atoms with Crippen LogP contribution in [0.15, 0.2) is 61.4 Å². The molecule has 2 aromatic heterocycles. The Labute approximate surface area is 142 Å². The van der Waals surface area contributed by atoms with Gasteiger partial charge in [0.05, 0.1) is 0 Å². The molecule has 1 N–H and O–H groups in total. The molecule has 3 nitrogen and oxygen atoms in total. The average Bonchev–Trinajstić information content (AvgIpc) is 2.60. The third-order valence-electron chi connectivity index (χ3n) is 4.13. The monoisotopic (exact) mass is 315 g/mol. The highest BCUT2D eigenvalue weighted by molar-refractivity contribution is 5.88. The summed E-state index contributed by atoms with van der Waals surface area (Å²) in [7, 11) is 0. The Morgan fingerprint density at radius 2 is 1.88 bits per heavy atom. The van der Waals surface area contributed by atoms with Gasteiger partial charge in [-0.2, -0.15) is 0 Å². The number of nitrogens with zero attached hydrogens (tertiary/aromatic N) is 2. The van der Waals surface area contributed by atoms with Crippen LogP contribution in [0.2, 0.25) is 0 Å². The van der Waals surface area contributed by atoms with Crippen molar-refractivity contribution in [3.63, 3.8) is 0 Å². The minimum atomic E-state index is 0.789. The highest BCUT2D eigenvalue weighted by atomic mass is 15.0. The van der Waals surface area contributed by atoms with Crippen molar-refractivity contribution in [2.24, 2.45) is 0 Å². The standard InChI is InChI=1S/C21H21N3/c1-5-14(2)17-6-7-19-13-23-21(12-20(19)11-17)24-16(4)18-8-9-22-15(3)10-18/h5-13H,4H2,1-3H3,(H,23,24)/b14-5+. The number of fused-ring (bicyclic) bond motifs is 1. The third kappa shape index (κ3) is 3.35. The smallest absolute Gasteiger partial charge is 0.130 e. The molecule has 0 fully saturated rings. The number of allylic oxidation sites excluding steroid dienone is 2. The molecule has 0 radical (unpaired) electrons. The maximum absolute atomic E-state index is 4.49. The maximum atomic E-state index is 4.49. The average molecular weight is 315 g/mol. The molecule has 0 aliphatic carbocycles. The van der Waals surface area contributed by atoms with E-state index in [2.05, 4.69) is 66.1 Å². The number of rotatable bonds is 4. The first kappa shape index (κ1) is 15.9. The van der Waals surface area contributed by atoms with Gasteiger partial charge in [0.2, 0.25) is 0 Å². The molecule has 2 heterocycles. The van der Waals surface area contributed by atoms with Crippen molar-refractivity contribution < 1.29 is 0 Å². The van der Waals surface area contributed by atoms with Crippen molar-refractivity contribution in [3.05, 3.63) is 78.3 Å². The summed E-state index contributed by atoms with van der Waals surface area (Å²) in [6.07, 6.45) is 5.80. The van der Waals surface area contributed by atoms with Crippen molar-refractivity contribution >= 4 is 27.9 Å². The van der Waals surface area contributed by atoms with E-state index >= 15 is 0 Å². The summed E-state index contributed by atoms with van der Waals surface area (Å²) in [6, 6.07) is 12.4. The van der Waals surface area contributed by atoms with E-state index in [9.17, 15) is 0 Å². The summed E-state index contributed by atoms with van der Waals surface area (Å²) < 4.78 is 0. The van der Waals surface area contributed by atoms with Gasteiger partial charge in [-0.15, -0.1) is 0 Å². The molecule has 24 heavy (non-hydrogen) atoms. The first-order chi connectivity index (χ1) is 11.6. The van der Waals surface area contributed by atoms with Crippen LogP contribution in [0.4, 0.5) is 5.82 Å². The Morgan fingerprint density at radius 1 is 1.04 bits per heavy atom. The third-order valence-corrected chi connectivity index (χ3v) is 4.13. The molecule has 0 saturated carbocycles. The van der Waals surface area contributed by atoms with E-state index in [1.165, 1.54) is 11.1 Å². The summed E-state index contributed by atoms with van der Waals surface area (Å²) in [5, 5.41) is 5.57. The predicted molar refractivity (Wildman–Crippen MR) is 103 cm³/mol. The number of nitrogens with one attached hydrogen (secondary N) is 1. The van der Waals surface area contributed by atoms with Crippen molar-refractivity contribution in [1.29, 1.82) is 0 Å². The van der Waals surface area contributed by atoms with Crippen LogP contribution in [0.5, 0.6) is 0 Å². The topological polar surface area (TPSA) is 37.8 Å². The second-order valence-electron chi connectivity index (χ2n) is 5.89. The molecule has 0 saturated heterocycles. The number of benzene rings is 1. The van der Waals surface area contributed by atoms with E-state index in [0.29, 0.717) is 0 Å². The molecule has 0 amide bonds. The fraction of sp³-hybridized carbons (Fsp3) is 0.143. The largest absolute Gasteiger partial charge is 0.340 e. The van der Waals surface area contributed by atoms with Gasteiger partial charge in [0.15, 0.2) is 0 Å². The minimum Gasteiger partial charge on any atom is -0.340 e. The number of aryl methyl sites for hydroxylation is 1. The first-order valence-electron chi connectivity index (χ1n) is 7.99. The van der Waals surface area contributed by atoms with Crippen molar-refractivity contribution in [3.8, 4) is 0 Å². The van der Waals surface area contributed by atoms with E-state index in [1.807, 2.05) is 25.3 Å². The molecule has 3 rings (SSSR count). The molecule has 3 aromatic rings. The van der Waals surface area contributed by atoms with Crippen LogP contribution in [-0.2, 0) is 0 Å². The number of hydrogen-bond donors (Lipinski definition) is 1. The Bertz CT molecular complexity index is 939. The van der Waals surface area contributed by atoms with Gasteiger partial charge in [-0.05, 0) is 61.6 Å². The predicted octanol–water partition coefficient (Wildman–Crippen LogP) is 5.44. The Hall–Kier alpha value is -2.94. The van der Waals surface area contributed by atoms with E-state index in [4.69, 9.17) is 0 Å². The lowest BCUT2D eigenvalue weighted by Gasteiger charge is -2.11. The molecular weight excluding hydrogens is 294 g/mol. The summed E-state index contributed by atoms with van der Waals surface area (Å²) in [4.78, 5) is 8.70. The first-order valence-corrected chi connectivity index (χ1v) is 7.99. The van der Waals surface area contributed by atoms with Crippen LogP contribution in [0, 0.1) is 6.92 Å². The van der Waals surface area contributed by atoms with Crippen molar-refractivity contribution in [1.82, 2.24) is 9.97 Å². The number of hydrogen-bond acceptors (Lipinski definition) is 3. The van der Waals surface area contributed by atoms with E-state index in [0.717, 1.165) is 33.5 Å². The highest BCUT2D eigenvalue weighted by Crippen LogP contribution is 2.24. The summed E-state index contributed by atoms with van der Waals surface area (Å²) in [5.41, 5.74) is 5.29. The van der Waals surface area contributed by atoms with E-state index in [1.54, 1.807) is 6.20 Å². The zero-order chi connectivity index (χ0) is 17.1. The van der Waals surface area contributed by atoms with Gasteiger partial charge in [-0.1, -0.05) is 24.8 Å². The Morgan fingerprint density at radius 3 is 2.62 bits per heavy atom. The van der Waals surface area contributed by atoms with Gasteiger partial charge in [0, 0.05) is 34.7 Å². The molecule has 0 aliphatic rings. The van der Waals surface area contributed by atoms with Crippen LogP contribution in [0.1, 0.15) is 30.7 Å². The highest BCUT2D eigenvalue weighted by Gasteiger charge is 2.04. The molecular formula is C21H21N3. The fourth-order valence-electron chi connectivity index (χ4n) is 2.58. The number of aromatic nitrogens is 2. The van der Waals surface area contributed by atoms with Crippen LogP contribution < -0.4 is 5.32 Å². The lowest BCUT2D eigenvalue weighted by Crippen LogP contribution is -2.00. The fourth-order valence-corrected chi connectivity index (χ4v) is 2.58. The van der Waals surface area contributed by atoms with Crippen LogP contribution >= 0.6 is 0 Å². The zero-order valence-corrected chi connectivity index (χ0v) is 14.3. The Balaban J connectivity index is 1.91. The molecule has 1 aromatic carbocycles. The molecule has 3 heteroatoms. The summed E-state index contributed by atoms with van der Waals surface area (Å²) in [6.45, 7) is 10.3. The number of anilines is 1. The van der Waals surface area contributed by atoms with Gasteiger partial charge in [0.1, 0.15) is 5.82 Å². The second-order valence-corrected chi connectivity index (χ2v) is 5.89. The van der Waals surface area contributed by atoms with Crippen molar-refractivity contribution in [2.75, 3.05) is 5.32 Å². The van der Waals surface area contributed by atoms with Gasteiger partial charge < -0.3 is 5.32 Å². The lowest BCUT2D eigenvalue weighted by molar-refractivity contribution is 1.19. The lowest BCUT2D eigenvalue weighted by atomic mass is 10.0. The van der Waals surface area contributed by atoms with Gasteiger partial charge in [-0.25, -0.2) is 4.98 Å². The zero-order valence-electron chi connectivity index (χ0n) is 14.3. The molecule has 0 spiro atoms.